The van der Waals surface area contributed by atoms with E-state index in [0.29, 0.717) is 0 Å². The second-order valence-corrected chi connectivity index (χ2v) is 4.10. The molecule has 0 N–H and O–H groups in total. The number of hydrogen-bond acceptors (Lipinski definition) is 4. The summed E-state index contributed by atoms with van der Waals surface area (Å²) in [6.07, 6.45) is 14.0. The molecule has 4 heterocycles. The smallest absolute Gasteiger partial charge is 0.0267 e. The molecule has 4 rings (SSSR count). The van der Waals surface area contributed by atoms with Crippen molar-refractivity contribution in [2.24, 2.45) is 0 Å². The van der Waals surface area contributed by atoms with Crippen LogP contribution in [0.3, 0.4) is 0 Å². The van der Waals surface area contributed by atoms with Crippen LogP contribution in [0.15, 0.2) is 122 Å². The molecule has 5 heteroatoms. The van der Waals surface area contributed by atoms with E-state index in [0.717, 1.165) is 0 Å². The number of aromatic nitrogens is 4. The zero-order valence-corrected chi connectivity index (χ0v) is 15.2. The average molecular weight is 423 g/mol. The minimum atomic E-state index is 0. The van der Waals surface area contributed by atoms with Crippen LogP contribution in [0.4, 0.5) is 0 Å². The van der Waals surface area contributed by atoms with Crippen molar-refractivity contribution in [2.75, 3.05) is 0 Å². The van der Waals surface area contributed by atoms with Crippen LogP contribution in [0.2, 0.25) is 0 Å². The summed E-state index contributed by atoms with van der Waals surface area (Å²) in [7, 11) is 0. The SMILES string of the molecule is [Pd].c1ccncc1.c1ccncc1.c1ccncc1.c1ccncc1. The van der Waals surface area contributed by atoms with Gasteiger partial charge in [-0.15, -0.1) is 0 Å². The van der Waals surface area contributed by atoms with Crippen LogP contribution in [0, 0.1) is 0 Å². The first-order chi connectivity index (χ1) is 12.0. The third-order valence-corrected chi connectivity index (χ3v) is 2.27. The maximum Gasteiger partial charge on any atom is 0.0267 e. The minimum absolute atomic E-state index is 0. The van der Waals surface area contributed by atoms with E-state index < -0.39 is 0 Å². The molecule has 0 aliphatic rings. The molecule has 0 aliphatic carbocycles. The Morgan fingerprint density at radius 3 is 0.440 bits per heavy atom. The van der Waals surface area contributed by atoms with Crippen LogP contribution in [-0.2, 0) is 20.4 Å². The normalized spacial score (nSPS) is 7.68. The molecule has 0 spiro atoms. The molecule has 0 saturated heterocycles. The van der Waals surface area contributed by atoms with Gasteiger partial charge in [-0.25, -0.2) is 0 Å². The minimum Gasteiger partial charge on any atom is -0.265 e. The molecule has 0 aliphatic heterocycles. The Morgan fingerprint density at radius 2 is 0.400 bits per heavy atom. The van der Waals surface area contributed by atoms with Gasteiger partial charge in [0.1, 0.15) is 0 Å². The number of rotatable bonds is 0. The van der Waals surface area contributed by atoms with Crippen molar-refractivity contribution in [1.29, 1.82) is 0 Å². The van der Waals surface area contributed by atoms with E-state index in [-0.39, 0.29) is 20.4 Å². The Balaban J connectivity index is 0.000000303. The first kappa shape index (κ1) is 22.3. The van der Waals surface area contributed by atoms with Crippen molar-refractivity contribution in [3.8, 4) is 0 Å². The van der Waals surface area contributed by atoms with Crippen molar-refractivity contribution in [1.82, 2.24) is 19.9 Å². The maximum absolute atomic E-state index is 3.78. The van der Waals surface area contributed by atoms with Crippen molar-refractivity contribution in [2.45, 2.75) is 0 Å². The van der Waals surface area contributed by atoms with Gasteiger partial charge >= 0.3 is 0 Å². The zero-order chi connectivity index (χ0) is 17.0. The molecular formula is C20H20N4Pd. The average Bonchev–Trinajstić information content (AvgIpc) is 2.75. The molecule has 0 fully saturated rings. The largest absolute Gasteiger partial charge is 0.265 e. The fourth-order valence-corrected chi connectivity index (χ4v) is 1.25. The predicted octanol–water partition coefficient (Wildman–Crippen LogP) is 4.32. The second-order valence-electron chi connectivity index (χ2n) is 4.10. The summed E-state index contributed by atoms with van der Waals surface area (Å²) in [5.41, 5.74) is 0. The van der Waals surface area contributed by atoms with Gasteiger partial charge in [0.25, 0.3) is 0 Å². The summed E-state index contributed by atoms with van der Waals surface area (Å²) in [6, 6.07) is 22.9. The van der Waals surface area contributed by atoms with Crippen molar-refractivity contribution in [3.63, 3.8) is 0 Å². The summed E-state index contributed by atoms with van der Waals surface area (Å²) >= 11 is 0. The molecule has 0 unspecified atom stereocenters. The molecular weight excluding hydrogens is 403 g/mol. The van der Waals surface area contributed by atoms with E-state index in [2.05, 4.69) is 19.9 Å². The first-order valence-corrected chi connectivity index (χ1v) is 7.40. The summed E-state index contributed by atoms with van der Waals surface area (Å²) in [4.78, 5) is 15.1. The maximum atomic E-state index is 3.78. The van der Waals surface area contributed by atoms with E-state index in [1.807, 2.05) is 72.8 Å². The van der Waals surface area contributed by atoms with Gasteiger partial charge < -0.3 is 0 Å². The summed E-state index contributed by atoms with van der Waals surface area (Å²) in [6.45, 7) is 0. The quantitative estimate of drug-likeness (QED) is 0.396. The predicted molar refractivity (Wildman–Crippen MR) is 96.9 cm³/mol. The van der Waals surface area contributed by atoms with Crippen LogP contribution >= 0.6 is 0 Å². The van der Waals surface area contributed by atoms with Crippen LogP contribution in [0.5, 0.6) is 0 Å². The molecule has 25 heavy (non-hydrogen) atoms. The molecule has 4 aromatic heterocycles. The number of pyridine rings is 4. The summed E-state index contributed by atoms with van der Waals surface area (Å²) in [5.74, 6) is 0. The van der Waals surface area contributed by atoms with E-state index in [9.17, 15) is 0 Å². The van der Waals surface area contributed by atoms with E-state index in [1.54, 1.807) is 49.6 Å². The molecule has 0 amide bonds. The molecule has 0 saturated carbocycles. The topological polar surface area (TPSA) is 51.6 Å². The van der Waals surface area contributed by atoms with Crippen molar-refractivity contribution < 1.29 is 20.4 Å². The molecule has 0 aromatic carbocycles. The Bertz CT molecular complexity index is 436. The Hall–Kier alpha value is -2.74. The molecule has 4 aromatic rings. The van der Waals surface area contributed by atoms with Gasteiger partial charge in [-0.1, -0.05) is 24.3 Å². The number of hydrogen-bond donors (Lipinski definition) is 0. The summed E-state index contributed by atoms with van der Waals surface area (Å²) in [5, 5.41) is 0. The Kier molecular flexibility index (Phi) is 17.2. The molecule has 4 nitrogen and oxygen atoms in total. The number of nitrogens with zero attached hydrogens (tertiary/aromatic N) is 4. The van der Waals surface area contributed by atoms with Crippen LogP contribution in [0.1, 0.15) is 0 Å². The summed E-state index contributed by atoms with van der Waals surface area (Å²) < 4.78 is 0. The van der Waals surface area contributed by atoms with Crippen LogP contribution < -0.4 is 0 Å². The van der Waals surface area contributed by atoms with Gasteiger partial charge in [0, 0.05) is 70.0 Å². The van der Waals surface area contributed by atoms with Gasteiger partial charge in [0.05, 0.1) is 0 Å². The monoisotopic (exact) mass is 422 g/mol. The van der Waals surface area contributed by atoms with E-state index in [4.69, 9.17) is 0 Å². The van der Waals surface area contributed by atoms with Crippen LogP contribution in [0.25, 0.3) is 0 Å². The van der Waals surface area contributed by atoms with Gasteiger partial charge in [0.2, 0.25) is 0 Å². The Morgan fingerprint density at radius 1 is 0.240 bits per heavy atom. The molecule has 0 radical (unpaired) electrons. The van der Waals surface area contributed by atoms with Crippen molar-refractivity contribution >= 4 is 0 Å². The standard InChI is InChI=1S/4C5H5N.Pd/c4*1-2-4-6-5-3-1;/h4*1-5H;. The third-order valence-electron chi connectivity index (χ3n) is 2.27. The van der Waals surface area contributed by atoms with Gasteiger partial charge in [-0.2, -0.15) is 0 Å². The Labute approximate surface area is 162 Å². The molecule has 0 bridgehead atoms. The van der Waals surface area contributed by atoms with Gasteiger partial charge in [-0.3, -0.25) is 19.9 Å². The molecule has 130 valence electrons. The fourth-order valence-electron chi connectivity index (χ4n) is 1.25. The third kappa shape index (κ3) is 17.5. The zero-order valence-electron chi connectivity index (χ0n) is 13.7. The second kappa shape index (κ2) is 19.3. The van der Waals surface area contributed by atoms with E-state index in [1.165, 1.54) is 0 Å². The van der Waals surface area contributed by atoms with Crippen molar-refractivity contribution in [3.05, 3.63) is 122 Å². The van der Waals surface area contributed by atoms with Gasteiger partial charge in [0.15, 0.2) is 0 Å². The van der Waals surface area contributed by atoms with Crippen LogP contribution in [-0.4, -0.2) is 19.9 Å². The first-order valence-electron chi connectivity index (χ1n) is 7.40. The molecule has 0 atom stereocenters. The fraction of sp³-hybridized carbons (Fsp3) is 0. The van der Waals surface area contributed by atoms with E-state index >= 15 is 0 Å². The van der Waals surface area contributed by atoms with Gasteiger partial charge in [-0.05, 0) is 48.5 Å².